The fourth-order valence-electron chi connectivity index (χ4n) is 2.02. The van der Waals surface area contributed by atoms with Gasteiger partial charge in [0.05, 0.1) is 0 Å². The normalized spacial score (nSPS) is 23.5. The molecule has 0 aliphatic heterocycles. The highest BCUT2D eigenvalue weighted by atomic mass is 28.4. The fraction of sp³-hybridized carbons (Fsp3) is 1.00. The summed E-state index contributed by atoms with van der Waals surface area (Å²) in [5.74, 6) is 1.87. The molecular formula is C10H20O2Si. The third kappa shape index (κ3) is 2.54. The lowest BCUT2D eigenvalue weighted by Gasteiger charge is -2.27. The van der Waals surface area contributed by atoms with Gasteiger partial charge in [0.1, 0.15) is 0 Å². The molecule has 0 aromatic carbocycles. The maximum atomic E-state index is 5.71. The van der Waals surface area contributed by atoms with Crippen LogP contribution in [0.15, 0.2) is 0 Å². The number of rotatable bonds is 6. The number of hydrogen-bond acceptors (Lipinski definition) is 2. The highest BCUT2D eigenvalue weighted by Crippen LogP contribution is 2.44. The lowest BCUT2D eigenvalue weighted by molar-refractivity contribution is 0.237. The van der Waals surface area contributed by atoms with Crippen LogP contribution in [0.1, 0.15) is 25.7 Å². The molecule has 0 radical (unpaired) electrons. The van der Waals surface area contributed by atoms with Gasteiger partial charge in [0.15, 0.2) is 0 Å². The van der Waals surface area contributed by atoms with E-state index in [4.69, 9.17) is 8.85 Å². The van der Waals surface area contributed by atoms with E-state index >= 15 is 0 Å². The summed E-state index contributed by atoms with van der Waals surface area (Å²) < 4.78 is 11.4. The minimum Gasteiger partial charge on any atom is -0.398 e. The molecule has 2 saturated carbocycles. The first-order valence-electron chi connectivity index (χ1n) is 5.38. The van der Waals surface area contributed by atoms with Crippen molar-refractivity contribution in [3.05, 3.63) is 0 Å². The van der Waals surface area contributed by atoms with Crippen molar-refractivity contribution in [2.45, 2.75) is 37.8 Å². The van der Waals surface area contributed by atoms with Crippen molar-refractivity contribution in [3.8, 4) is 0 Å². The smallest absolute Gasteiger partial charge is 0.338 e. The van der Waals surface area contributed by atoms with E-state index in [9.17, 15) is 0 Å². The molecule has 2 nitrogen and oxygen atoms in total. The molecule has 0 unspecified atom stereocenters. The van der Waals surface area contributed by atoms with Gasteiger partial charge in [0, 0.05) is 14.2 Å². The minimum atomic E-state index is -1.74. The summed E-state index contributed by atoms with van der Waals surface area (Å²) in [6.45, 7) is 0. The van der Waals surface area contributed by atoms with Gasteiger partial charge < -0.3 is 8.85 Å². The molecule has 0 amide bonds. The molecule has 0 heterocycles. The van der Waals surface area contributed by atoms with Crippen LogP contribution in [0.3, 0.4) is 0 Å². The molecule has 2 aliphatic carbocycles. The predicted molar refractivity (Wildman–Crippen MR) is 54.8 cm³/mol. The Kier molecular flexibility index (Phi) is 2.77. The molecule has 3 heteroatoms. The molecule has 0 aromatic rings. The van der Waals surface area contributed by atoms with Crippen LogP contribution in [-0.4, -0.2) is 22.8 Å². The Hall–Kier alpha value is 0.137. The van der Waals surface area contributed by atoms with Crippen molar-refractivity contribution in [2.75, 3.05) is 14.2 Å². The van der Waals surface area contributed by atoms with Gasteiger partial charge in [-0.05, 0) is 23.9 Å². The summed E-state index contributed by atoms with van der Waals surface area (Å²) in [5, 5.41) is 0. The van der Waals surface area contributed by atoms with Gasteiger partial charge in [-0.2, -0.15) is 0 Å². The Morgan fingerprint density at radius 2 is 1.31 bits per heavy atom. The van der Waals surface area contributed by atoms with E-state index in [0.29, 0.717) is 0 Å². The average molecular weight is 200 g/mol. The van der Waals surface area contributed by atoms with Crippen LogP contribution in [0.2, 0.25) is 12.1 Å². The quantitative estimate of drug-likeness (QED) is 0.613. The van der Waals surface area contributed by atoms with Crippen LogP contribution in [0.5, 0.6) is 0 Å². The molecule has 0 atom stereocenters. The van der Waals surface area contributed by atoms with E-state index < -0.39 is 8.56 Å². The van der Waals surface area contributed by atoms with E-state index in [1.54, 1.807) is 0 Å². The molecule has 0 bridgehead atoms. The van der Waals surface area contributed by atoms with Gasteiger partial charge in [-0.3, -0.25) is 0 Å². The average Bonchev–Trinajstić information content (AvgIpc) is 2.98. The van der Waals surface area contributed by atoms with Gasteiger partial charge >= 0.3 is 8.56 Å². The summed E-state index contributed by atoms with van der Waals surface area (Å²) in [7, 11) is 1.95. The third-order valence-corrected chi connectivity index (χ3v) is 7.22. The maximum absolute atomic E-state index is 5.71. The van der Waals surface area contributed by atoms with E-state index in [0.717, 1.165) is 11.8 Å². The molecule has 2 aliphatic rings. The van der Waals surface area contributed by atoms with Crippen LogP contribution in [0, 0.1) is 11.8 Å². The Balaban J connectivity index is 1.88. The molecule has 2 fully saturated rings. The zero-order chi connectivity index (χ0) is 9.31. The van der Waals surface area contributed by atoms with Crippen LogP contribution in [0.4, 0.5) is 0 Å². The minimum absolute atomic E-state index is 0.935. The van der Waals surface area contributed by atoms with Crippen molar-refractivity contribution < 1.29 is 8.85 Å². The third-order valence-electron chi connectivity index (χ3n) is 3.34. The zero-order valence-corrected chi connectivity index (χ0v) is 9.71. The fourth-order valence-corrected chi connectivity index (χ4v) is 5.60. The van der Waals surface area contributed by atoms with Crippen LogP contribution in [0.25, 0.3) is 0 Å². The largest absolute Gasteiger partial charge is 0.398 e. The SMILES string of the molecule is CO[Si](CC1CC1)(CC1CC1)OC. The summed E-state index contributed by atoms with van der Waals surface area (Å²) in [6.07, 6.45) is 5.64. The second kappa shape index (κ2) is 3.71. The molecule has 76 valence electrons. The number of hydrogen-bond donors (Lipinski definition) is 0. The van der Waals surface area contributed by atoms with Crippen LogP contribution >= 0.6 is 0 Å². The topological polar surface area (TPSA) is 18.5 Å². The Morgan fingerprint density at radius 1 is 0.923 bits per heavy atom. The zero-order valence-electron chi connectivity index (χ0n) is 8.71. The first kappa shape index (κ1) is 9.68. The van der Waals surface area contributed by atoms with Crippen molar-refractivity contribution in [3.63, 3.8) is 0 Å². The van der Waals surface area contributed by atoms with Gasteiger partial charge in [-0.15, -0.1) is 0 Å². The molecule has 0 saturated heterocycles. The first-order valence-corrected chi connectivity index (χ1v) is 7.61. The molecule has 0 aromatic heterocycles. The first-order chi connectivity index (χ1) is 6.28. The lowest BCUT2D eigenvalue weighted by atomic mass is 10.5. The van der Waals surface area contributed by atoms with E-state index in [1.807, 2.05) is 14.2 Å². The Morgan fingerprint density at radius 3 is 1.54 bits per heavy atom. The van der Waals surface area contributed by atoms with Crippen molar-refractivity contribution >= 4 is 8.56 Å². The summed E-state index contributed by atoms with van der Waals surface area (Å²) in [5.41, 5.74) is 0. The maximum Gasteiger partial charge on any atom is 0.338 e. The van der Waals surface area contributed by atoms with Gasteiger partial charge in [0.25, 0.3) is 0 Å². The van der Waals surface area contributed by atoms with Crippen molar-refractivity contribution in [1.82, 2.24) is 0 Å². The summed E-state index contributed by atoms with van der Waals surface area (Å²) in [4.78, 5) is 0. The van der Waals surface area contributed by atoms with E-state index in [2.05, 4.69) is 0 Å². The highest BCUT2D eigenvalue weighted by Gasteiger charge is 2.45. The summed E-state index contributed by atoms with van der Waals surface area (Å²) in [6, 6.07) is 2.49. The van der Waals surface area contributed by atoms with Gasteiger partial charge in [-0.1, -0.05) is 25.7 Å². The van der Waals surface area contributed by atoms with E-state index in [-0.39, 0.29) is 0 Å². The Labute approximate surface area is 81.9 Å². The molecule has 2 rings (SSSR count). The van der Waals surface area contributed by atoms with Crippen LogP contribution in [-0.2, 0) is 8.85 Å². The van der Waals surface area contributed by atoms with Gasteiger partial charge in [0.2, 0.25) is 0 Å². The van der Waals surface area contributed by atoms with Crippen molar-refractivity contribution in [2.24, 2.45) is 11.8 Å². The molecule has 0 spiro atoms. The second-order valence-electron chi connectivity index (χ2n) is 4.61. The lowest BCUT2D eigenvalue weighted by Crippen LogP contribution is -2.40. The standard InChI is InChI=1S/C10H20O2Si/c1-11-13(12-2,7-9-3-4-9)8-10-5-6-10/h9-10H,3-8H2,1-2H3. The predicted octanol–water partition coefficient (Wildman–Crippen LogP) is 2.54. The molecular weight excluding hydrogens is 180 g/mol. The van der Waals surface area contributed by atoms with E-state index in [1.165, 1.54) is 37.8 Å². The Bertz CT molecular complexity index is 156. The molecule has 13 heavy (non-hydrogen) atoms. The second-order valence-corrected chi connectivity index (χ2v) is 8.07. The van der Waals surface area contributed by atoms with Crippen molar-refractivity contribution in [1.29, 1.82) is 0 Å². The monoisotopic (exact) mass is 200 g/mol. The summed E-state index contributed by atoms with van der Waals surface area (Å²) >= 11 is 0. The van der Waals surface area contributed by atoms with Gasteiger partial charge in [-0.25, -0.2) is 0 Å². The van der Waals surface area contributed by atoms with Crippen LogP contribution < -0.4 is 0 Å². The molecule has 0 N–H and O–H groups in total. The highest BCUT2D eigenvalue weighted by molar-refractivity contribution is 6.67.